The van der Waals surface area contributed by atoms with Crippen LogP contribution in [0.25, 0.3) is 0 Å². The van der Waals surface area contributed by atoms with E-state index in [1.54, 1.807) is 0 Å². The number of allylic oxidation sites excluding steroid dienone is 2. The van der Waals surface area contributed by atoms with E-state index in [9.17, 15) is 9.59 Å². The molecule has 0 bridgehead atoms. The SMILES string of the molecule is C[C@]12CC[C@H]3[C@@H](CNC4=CC(=O)CC[C@@]43C)[C@@H]1CC[C@@H]2C(=O)N(Cc1ccccc1)c1ccccc1. The standard InChI is InChI=1S/C32H38N2O2/c1-31-18-16-27-25(20-33-29-19-24(35)15-17-32(27,29)2)26(31)13-14-28(31)30(36)34(23-11-7-4-8-12-23)21-22-9-5-3-6-10-22/h3-12,19,25-28,33H,13-18,20-21H2,1-2H3/t25-,26-,27-,28+,31-,32+/m0/s1. The number of benzene rings is 2. The first kappa shape index (κ1) is 23.5. The maximum Gasteiger partial charge on any atom is 0.230 e. The van der Waals surface area contributed by atoms with Gasteiger partial charge >= 0.3 is 0 Å². The van der Waals surface area contributed by atoms with Gasteiger partial charge < -0.3 is 10.2 Å². The highest BCUT2D eigenvalue weighted by molar-refractivity contribution is 5.95. The molecule has 1 heterocycles. The van der Waals surface area contributed by atoms with E-state index in [1.165, 1.54) is 5.70 Å². The molecule has 1 aliphatic heterocycles. The number of hydrogen-bond acceptors (Lipinski definition) is 3. The number of piperidine rings is 1. The lowest BCUT2D eigenvalue weighted by Crippen LogP contribution is -2.57. The van der Waals surface area contributed by atoms with Gasteiger partial charge in [-0.25, -0.2) is 0 Å². The van der Waals surface area contributed by atoms with Crippen LogP contribution in [-0.4, -0.2) is 18.2 Å². The van der Waals surface area contributed by atoms with E-state index in [0.29, 0.717) is 30.7 Å². The molecule has 3 aliphatic carbocycles. The van der Waals surface area contributed by atoms with Gasteiger partial charge in [-0.05, 0) is 73.0 Å². The van der Waals surface area contributed by atoms with Crippen LogP contribution in [0.2, 0.25) is 0 Å². The Hall–Kier alpha value is -2.88. The van der Waals surface area contributed by atoms with Gasteiger partial charge in [0.2, 0.25) is 5.91 Å². The Morgan fingerprint density at radius 1 is 0.944 bits per heavy atom. The summed E-state index contributed by atoms with van der Waals surface area (Å²) in [6.07, 6.45) is 7.85. The summed E-state index contributed by atoms with van der Waals surface area (Å²) in [5.74, 6) is 2.30. The number of anilines is 1. The molecular formula is C32H38N2O2. The number of rotatable bonds is 4. The predicted molar refractivity (Wildman–Crippen MR) is 143 cm³/mol. The average molecular weight is 483 g/mol. The van der Waals surface area contributed by atoms with E-state index < -0.39 is 0 Å². The number of nitrogens with zero attached hydrogens (tertiary/aromatic N) is 1. The number of nitrogens with one attached hydrogen (secondary N) is 1. The zero-order chi connectivity index (χ0) is 24.9. The summed E-state index contributed by atoms with van der Waals surface area (Å²) in [5.41, 5.74) is 3.41. The summed E-state index contributed by atoms with van der Waals surface area (Å²) < 4.78 is 0. The monoisotopic (exact) mass is 482 g/mol. The lowest BCUT2D eigenvalue weighted by Gasteiger charge is -2.58. The van der Waals surface area contributed by atoms with E-state index in [0.717, 1.165) is 49.9 Å². The fourth-order valence-corrected chi connectivity index (χ4v) is 8.41. The van der Waals surface area contributed by atoms with Crippen molar-refractivity contribution >= 4 is 17.4 Å². The summed E-state index contributed by atoms with van der Waals surface area (Å²) in [5, 5.41) is 3.69. The number of carbonyl (C=O) groups is 2. The van der Waals surface area contributed by atoms with Crippen LogP contribution in [0.4, 0.5) is 5.69 Å². The first-order valence-electron chi connectivity index (χ1n) is 13.8. The maximum atomic E-state index is 14.4. The molecule has 188 valence electrons. The van der Waals surface area contributed by atoms with Crippen molar-refractivity contribution in [3.8, 4) is 0 Å². The third-order valence-corrected chi connectivity index (χ3v) is 10.4. The maximum absolute atomic E-state index is 14.4. The molecule has 36 heavy (non-hydrogen) atoms. The van der Waals surface area contributed by atoms with Gasteiger partial charge in [0.15, 0.2) is 5.78 Å². The second kappa shape index (κ2) is 8.90. The first-order valence-corrected chi connectivity index (χ1v) is 13.8. The topological polar surface area (TPSA) is 49.4 Å². The van der Waals surface area contributed by atoms with Crippen molar-refractivity contribution in [2.75, 3.05) is 11.4 Å². The molecule has 2 saturated carbocycles. The van der Waals surface area contributed by atoms with Crippen LogP contribution in [0.1, 0.15) is 57.9 Å². The van der Waals surface area contributed by atoms with Crippen LogP contribution < -0.4 is 10.2 Å². The molecule has 2 aromatic rings. The third-order valence-electron chi connectivity index (χ3n) is 10.4. The Morgan fingerprint density at radius 2 is 1.67 bits per heavy atom. The molecule has 0 radical (unpaired) electrons. The summed E-state index contributed by atoms with van der Waals surface area (Å²) in [6.45, 7) is 6.33. The Morgan fingerprint density at radius 3 is 2.42 bits per heavy atom. The van der Waals surface area contributed by atoms with Gasteiger partial charge in [0.05, 0.1) is 6.54 Å². The lowest BCUT2D eigenvalue weighted by molar-refractivity contribution is -0.130. The Labute approximate surface area is 215 Å². The van der Waals surface area contributed by atoms with Crippen LogP contribution in [0.3, 0.4) is 0 Å². The van der Waals surface area contributed by atoms with Crippen molar-refractivity contribution in [3.05, 3.63) is 78.0 Å². The molecule has 1 N–H and O–H groups in total. The summed E-state index contributed by atoms with van der Waals surface area (Å²) in [6, 6.07) is 20.6. The van der Waals surface area contributed by atoms with Gasteiger partial charge in [0, 0.05) is 41.8 Å². The van der Waals surface area contributed by atoms with Crippen LogP contribution >= 0.6 is 0 Å². The number of para-hydroxylation sites is 1. The van der Waals surface area contributed by atoms with E-state index in [-0.39, 0.29) is 28.4 Å². The quantitative estimate of drug-likeness (QED) is 0.570. The highest BCUT2D eigenvalue weighted by Crippen LogP contribution is 2.64. The zero-order valence-corrected chi connectivity index (χ0v) is 21.6. The van der Waals surface area contributed by atoms with E-state index in [1.807, 2.05) is 35.2 Å². The fraction of sp³-hybridized carbons (Fsp3) is 0.500. The fourth-order valence-electron chi connectivity index (χ4n) is 8.41. The van der Waals surface area contributed by atoms with Crippen molar-refractivity contribution in [3.63, 3.8) is 0 Å². The smallest absolute Gasteiger partial charge is 0.230 e. The number of fused-ring (bicyclic) bond motifs is 5. The van der Waals surface area contributed by atoms with Crippen LogP contribution in [-0.2, 0) is 16.1 Å². The lowest BCUT2D eigenvalue weighted by atomic mass is 9.50. The molecule has 1 amide bonds. The molecular weight excluding hydrogens is 444 g/mol. The summed E-state index contributed by atoms with van der Waals surface area (Å²) in [7, 11) is 0. The van der Waals surface area contributed by atoms with Crippen molar-refractivity contribution in [2.24, 2.45) is 34.5 Å². The highest BCUT2D eigenvalue weighted by atomic mass is 16.2. The molecule has 6 atom stereocenters. The minimum Gasteiger partial charge on any atom is -0.387 e. The molecule has 4 heteroatoms. The molecule has 1 saturated heterocycles. The third kappa shape index (κ3) is 3.72. The summed E-state index contributed by atoms with van der Waals surface area (Å²) in [4.78, 5) is 28.5. The molecule has 3 fully saturated rings. The number of hydrogen-bond donors (Lipinski definition) is 1. The second-order valence-corrected chi connectivity index (χ2v) is 12.1. The first-order chi connectivity index (χ1) is 17.4. The molecule has 6 rings (SSSR count). The van der Waals surface area contributed by atoms with Gasteiger partial charge in [-0.1, -0.05) is 62.4 Å². The van der Waals surface area contributed by atoms with Gasteiger partial charge in [0.25, 0.3) is 0 Å². The molecule has 0 unspecified atom stereocenters. The zero-order valence-electron chi connectivity index (χ0n) is 21.6. The van der Waals surface area contributed by atoms with Gasteiger partial charge in [-0.3, -0.25) is 9.59 Å². The molecule has 0 aromatic heterocycles. The summed E-state index contributed by atoms with van der Waals surface area (Å²) >= 11 is 0. The minimum atomic E-state index is 0.0196. The number of ketones is 1. The molecule has 0 spiro atoms. The van der Waals surface area contributed by atoms with Crippen molar-refractivity contribution < 1.29 is 9.59 Å². The Kier molecular flexibility index (Phi) is 5.81. The van der Waals surface area contributed by atoms with Crippen molar-refractivity contribution in [2.45, 2.75) is 58.9 Å². The van der Waals surface area contributed by atoms with Gasteiger partial charge in [-0.2, -0.15) is 0 Å². The Balaban J connectivity index is 1.28. The minimum absolute atomic E-state index is 0.0196. The number of amides is 1. The van der Waals surface area contributed by atoms with Crippen LogP contribution in [0.15, 0.2) is 72.4 Å². The number of carbonyl (C=O) groups excluding carboxylic acids is 2. The van der Waals surface area contributed by atoms with Crippen molar-refractivity contribution in [1.82, 2.24) is 5.32 Å². The van der Waals surface area contributed by atoms with Gasteiger partial charge in [-0.15, -0.1) is 0 Å². The van der Waals surface area contributed by atoms with E-state index >= 15 is 0 Å². The molecule has 2 aromatic carbocycles. The largest absolute Gasteiger partial charge is 0.387 e. The second-order valence-electron chi connectivity index (χ2n) is 12.1. The van der Waals surface area contributed by atoms with Gasteiger partial charge in [0.1, 0.15) is 0 Å². The van der Waals surface area contributed by atoms with Crippen molar-refractivity contribution in [1.29, 1.82) is 0 Å². The average Bonchev–Trinajstić information content (AvgIpc) is 3.25. The molecule has 4 nitrogen and oxygen atoms in total. The Bertz CT molecular complexity index is 1180. The van der Waals surface area contributed by atoms with Crippen LogP contribution in [0.5, 0.6) is 0 Å². The van der Waals surface area contributed by atoms with E-state index in [4.69, 9.17) is 0 Å². The van der Waals surface area contributed by atoms with Crippen LogP contribution in [0, 0.1) is 34.5 Å². The highest BCUT2D eigenvalue weighted by Gasteiger charge is 2.60. The predicted octanol–water partition coefficient (Wildman–Crippen LogP) is 6.13. The molecule has 4 aliphatic rings. The van der Waals surface area contributed by atoms with E-state index in [2.05, 4.69) is 55.6 Å². The normalized spacial score (nSPS) is 35.1.